The first-order valence-corrected chi connectivity index (χ1v) is 6.45. The lowest BCUT2D eigenvalue weighted by atomic mass is 10.1. The third kappa shape index (κ3) is 3.35. The highest BCUT2D eigenvalue weighted by Gasteiger charge is 2.10. The number of aromatic nitrogens is 2. The van der Waals surface area contributed by atoms with Crippen molar-refractivity contribution >= 4 is 23.5 Å². The maximum Gasteiger partial charge on any atom is 0.338 e. The van der Waals surface area contributed by atoms with Crippen molar-refractivity contribution in [2.45, 2.75) is 10.9 Å². The van der Waals surface area contributed by atoms with E-state index in [4.69, 9.17) is 10.8 Å². The molecule has 0 spiro atoms. The quantitative estimate of drug-likeness (QED) is 0.582. The van der Waals surface area contributed by atoms with E-state index in [9.17, 15) is 14.0 Å². The summed E-state index contributed by atoms with van der Waals surface area (Å²) in [6.07, 6.45) is 0. The van der Waals surface area contributed by atoms with Crippen LogP contribution < -0.4 is 11.3 Å². The minimum absolute atomic E-state index is 0.101. The number of carboxylic acid groups (broad SMARTS) is 1. The van der Waals surface area contributed by atoms with Gasteiger partial charge < -0.3 is 15.8 Å². The number of aromatic carboxylic acids is 1. The number of hydrogen-bond donors (Lipinski definition) is 3. The van der Waals surface area contributed by atoms with Crippen molar-refractivity contribution in [1.82, 2.24) is 9.97 Å². The Bertz CT molecular complexity index is 717. The van der Waals surface area contributed by atoms with Crippen LogP contribution in [0.25, 0.3) is 0 Å². The van der Waals surface area contributed by atoms with Gasteiger partial charge in [-0.3, -0.25) is 4.79 Å². The highest BCUT2D eigenvalue weighted by Crippen LogP contribution is 2.20. The highest BCUT2D eigenvalue weighted by molar-refractivity contribution is 7.98. The predicted octanol–water partition coefficient (Wildman–Crippen LogP) is 1.48. The summed E-state index contributed by atoms with van der Waals surface area (Å²) in [5, 5.41) is 9.03. The monoisotopic (exact) mass is 295 g/mol. The number of thioether (sulfide) groups is 1. The summed E-state index contributed by atoms with van der Waals surface area (Å²) in [5.74, 6) is -1.69. The van der Waals surface area contributed by atoms with Crippen LogP contribution in [0.3, 0.4) is 0 Å². The molecule has 6 nitrogen and oxygen atoms in total. The molecular weight excluding hydrogens is 285 g/mol. The zero-order valence-corrected chi connectivity index (χ0v) is 10.9. The van der Waals surface area contributed by atoms with Gasteiger partial charge in [-0.15, -0.1) is 0 Å². The van der Waals surface area contributed by atoms with Gasteiger partial charge in [0.05, 0.1) is 5.56 Å². The molecule has 0 atom stereocenters. The van der Waals surface area contributed by atoms with Crippen LogP contribution in [-0.4, -0.2) is 21.0 Å². The number of nitrogen functional groups attached to an aromatic ring is 1. The van der Waals surface area contributed by atoms with Crippen molar-refractivity contribution in [3.63, 3.8) is 0 Å². The van der Waals surface area contributed by atoms with Crippen molar-refractivity contribution in [1.29, 1.82) is 0 Å². The van der Waals surface area contributed by atoms with Crippen molar-refractivity contribution in [3.05, 3.63) is 51.6 Å². The van der Waals surface area contributed by atoms with Gasteiger partial charge in [-0.05, 0) is 17.7 Å². The van der Waals surface area contributed by atoms with E-state index in [1.165, 1.54) is 12.1 Å². The lowest BCUT2D eigenvalue weighted by Crippen LogP contribution is -2.09. The summed E-state index contributed by atoms with van der Waals surface area (Å²) in [5.41, 5.74) is 5.26. The Kier molecular flexibility index (Phi) is 4.04. The fourth-order valence-corrected chi connectivity index (χ4v) is 2.32. The number of nitrogens with two attached hydrogens (primary N) is 1. The van der Waals surface area contributed by atoms with Crippen LogP contribution in [0.4, 0.5) is 10.2 Å². The normalized spacial score (nSPS) is 10.4. The van der Waals surface area contributed by atoms with E-state index < -0.39 is 11.8 Å². The Morgan fingerprint density at radius 3 is 2.80 bits per heavy atom. The minimum Gasteiger partial charge on any atom is -0.478 e. The van der Waals surface area contributed by atoms with Gasteiger partial charge in [-0.1, -0.05) is 17.8 Å². The number of halogens is 1. The van der Waals surface area contributed by atoms with Crippen LogP contribution >= 0.6 is 11.8 Å². The standard InChI is InChI=1S/C12H10FN3O3S/c13-8-3-6(1-2-7(8)11(18)19)5-20-12-15-9(14)4-10(17)16-12/h1-4H,5H2,(H,18,19)(H3,14,15,16,17). The Balaban J connectivity index is 2.13. The largest absolute Gasteiger partial charge is 0.478 e. The van der Waals surface area contributed by atoms with E-state index in [0.717, 1.165) is 23.9 Å². The van der Waals surface area contributed by atoms with E-state index in [-0.39, 0.29) is 16.9 Å². The third-order valence-electron chi connectivity index (χ3n) is 2.38. The molecule has 0 amide bonds. The van der Waals surface area contributed by atoms with Crippen molar-refractivity contribution < 1.29 is 14.3 Å². The summed E-state index contributed by atoms with van der Waals surface area (Å²) < 4.78 is 13.5. The molecule has 0 aliphatic carbocycles. The second-order valence-corrected chi connectivity index (χ2v) is 4.85. The summed E-state index contributed by atoms with van der Waals surface area (Å²) in [4.78, 5) is 28.3. The van der Waals surface area contributed by atoms with Gasteiger partial charge in [0.25, 0.3) is 5.56 Å². The number of nitrogens with zero attached hydrogens (tertiary/aromatic N) is 1. The number of benzene rings is 1. The predicted molar refractivity (Wildman–Crippen MR) is 72.2 cm³/mol. The SMILES string of the molecule is Nc1cc(=O)[nH]c(SCc2ccc(C(=O)O)c(F)c2)n1. The number of nitrogens with one attached hydrogen (secondary N) is 1. The molecule has 0 fully saturated rings. The first kappa shape index (κ1) is 14.1. The van der Waals surface area contributed by atoms with Crippen molar-refractivity contribution in [2.75, 3.05) is 5.73 Å². The lowest BCUT2D eigenvalue weighted by Gasteiger charge is -2.04. The summed E-state index contributed by atoms with van der Waals surface area (Å²) in [7, 11) is 0. The fraction of sp³-hybridized carbons (Fsp3) is 0.0833. The van der Waals surface area contributed by atoms with E-state index in [1.807, 2.05) is 0 Å². The summed E-state index contributed by atoms with van der Waals surface area (Å²) >= 11 is 1.16. The van der Waals surface area contributed by atoms with Crippen LogP contribution in [0, 0.1) is 5.82 Å². The molecule has 0 unspecified atom stereocenters. The maximum absolute atomic E-state index is 13.5. The lowest BCUT2D eigenvalue weighted by molar-refractivity contribution is 0.0692. The zero-order chi connectivity index (χ0) is 14.7. The second-order valence-electron chi connectivity index (χ2n) is 3.88. The number of aromatic amines is 1. The zero-order valence-electron chi connectivity index (χ0n) is 10.1. The molecule has 0 aliphatic heterocycles. The number of H-pyrrole nitrogens is 1. The van der Waals surface area contributed by atoms with Crippen molar-refractivity contribution in [3.8, 4) is 0 Å². The van der Waals surface area contributed by atoms with E-state index in [0.29, 0.717) is 16.5 Å². The molecule has 1 heterocycles. The van der Waals surface area contributed by atoms with Gasteiger partial charge in [0, 0.05) is 11.8 Å². The molecule has 2 rings (SSSR count). The Morgan fingerprint density at radius 1 is 1.45 bits per heavy atom. The van der Waals surface area contributed by atoms with Gasteiger partial charge in [0.2, 0.25) is 0 Å². The fourth-order valence-electron chi connectivity index (χ4n) is 1.50. The Hall–Kier alpha value is -2.35. The molecular formula is C12H10FN3O3S. The Morgan fingerprint density at radius 2 is 2.20 bits per heavy atom. The summed E-state index contributed by atoms with van der Waals surface area (Å²) in [6, 6.07) is 5.00. The number of anilines is 1. The average Bonchev–Trinajstić information content (AvgIpc) is 2.35. The highest BCUT2D eigenvalue weighted by atomic mass is 32.2. The van der Waals surface area contributed by atoms with Crippen LogP contribution in [0.15, 0.2) is 34.2 Å². The average molecular weight is 295 g/mol. The van der Waals surface area contributed by atoms with E-state index >= 15 is 0 Å². The molecule has 0 radical (unpaired) electrons. The molecule has 20 heavy (non-hydrogen) atoms. The topological polar surface area (TPSA) is 109 Å². The second kappa shape index (κ2) is 5.74. The molecule has 104 valence electrons. The molecule has 8 heteroatoms. The van der Waals surface area contributed by atoms with E-state index in [2.05, 4.69) is 9.97 Å². The maximum atomic E-state index is 13.5. The van der Waals surface area contributed by atoms with Gasteiger partial charge >= 0.3 is 5.97 Å². The molecule has 0 aliphatic rings. The molecule has 0 bridgehead atoms. The van der Waals surface area contributed by atoms with Gasteiger partial charge in [0.15, 0.2) is 5.16 Å². The molecule has 1 aromatic heterocycles. The smallest absolute Gasteiger partial charge is 0.338 e. The van der Waals surface area contributed by atoms with Gasteiger partial charge in [0.1, 0.15) is 11.6 Å². The Labute approximate surface area is 116 Å². The number of carboxylic acids is 1. The number of hydrogen-bond acceptors (Lipinski definition) is 5. The van der Waals surface area contributed by atoms with Gasteiger partial charge in [-0.25, -0.2) is 14.2 Å². The van der Waals surface area contributed by atoms with Crippen LogP contribution in [0.1, 0.15) is 15.9 Å². The number of carbonyl (C=O) groups is 1. The molecule has 4 N–H and O–H groups in total. The molecule has 0 saturated carbocycles. The van der Waals surface area contributed by atoms with E-state index in [1.54, 1.807) is 0 Å². The van der Waals surface area contributed by atoms with Crippen LogP contribution in [0.5, 0.6) is 0 Å². The first-order chi connectivity index (χ1) is 9.45. The van der Waals surface area contributed by atoms with Crippen LogP contribution in [-0.2, 0) is 5.75 Å². The van der Waals surface area contributed by atoms with Crippen molar-refractivity contribution in [2.24, 2.45) is 0 Å². The van der Waals surface area contributed by atoms with Crippen LogP contribution in [0.2, 0.25) is 0 Å². The molecule has 1 aromatic carbocycles. The number of rotatable bonds is 4. The molecule has 2 aromatic rings. The molecule has 0 saturated heterocycles. The first-order valence-electron chi connectivity index (χ1n) is 5.47. The minimum atomic E-state index is -1.32. The summed E-state index contributed by atoms with van der Waals surface area (Å²) in [6.45, 7) is 0. The van der Waals surface area contributed by atoms with Gasteiger partial charge in [-0.2, -0.15) is 0 Å². The third-order valence-corrected chi connectivity index (χ3v) is 3.32.